The molecule has 124 valence electrons. The van der Waals surface area contributed by atoms with Crippen LogP contribution in [-0.4, -0.2) is 29.6 Å². The van der Waals surface area contributed by atoms with Crippen LogP contribution in [-0.2, 0) is 4.79 Å². The molecule has 1 N–H and O–H groups in total. The lowest BCUT2D eigenvalue weighted by atomic mass is 9.86. The van der Waals surface area contributed by atoms with Crippen LogP contribution in [0.15, 0.2) is 0 Å². The fourth-order valence-electron chi connectivity index (χ4n) is 3.34. The molecule has 3 nitrogen and oxygen atoms in total. The molecule has 0 aliphatic carbocycles. The highest BCUT2D eigenvalue weighted by Gasteiger charge is 2.39. The van der Waals surface area contributed by atoms with E-state index < -0.39 is 0 Å². The average Bonchev–Trinajstić information content (AvgIpc) is 2.68. The zero-order chi connectivity index (χ0) is 15.9. The molecule has 2 unspecified atom stereocenters. The summed E-state index contributed by atoms with van der Waals surface area (Å²) in [5.41, 5.74) is 0.222. The molecule has 21 heavy (non-hydrogen) atoms. The highest BCUT2D eigenvalue weighted by atomic mass is 16.2. The van der Waals surface area contributed by atoms with Gasteiger partial charge in [0.25, 0.3) is 0 Å². The van der Waals surface area contributed by atoms with E-state index in [4.69, 9.17) is 0 Å². The SMILES string of the molecule is CCCCCC(C)(C)CN1C(=O)C(CCC)NC1CCC. The number of rotatable bonds is 10. The van der Waals surface area contributed by atoms with E-state index in [2.05, 4.69) is 44.8 Å². The molecule has 3 heteroatoms. The molecule has 1 aliphatic heterocycles. The van der Waals surface area contributed by atoms with Crippen LogP contribution in [0.2, 0.25) is 0 Å². The maximum absolute atomic E-state index is 12.7. The number of unbranched alkanes of at least 4 members (excludes halogenated alkanes) is 2. The minimum atomic E-state index is 0.0537. The number of hydrogen-bond acceptors (Lipinski definition) is 2. The molecule has 0 aromatic heterocycles. The van der Waals surface area contributed by atoms with Crippen LogP contribution in [0.4, 0.5) is 0 Å². The van der Waals surface area contributed by atoms with E-state index >= 15 is 0 Å². The van der Waals surface area contributed by atoms with Gasteiger partial charge in [-0.3, -0.25) is 10.1 Å². The van der Waals surface area contributed by atoms with Crippen molar-refractivity contribution in [1.82, 2.24) is 10.2 Å². The van der Waals surface area contributed by atoms with E-state index in [-0.39, 0.29) is 17.6 Å². The number of hydrogen-bond donors (Lipinski definition) is 1. The van der Waals surface area contributed by atoms with Gasteiger partial charge >= 0.3 is 0 Å². The molecule has 1 rings (SSSR count). The van der Waals surface area contributed by atoms with Crippen molar-refractivity contribution in [3.8, 4) is 0 Å². The quantitative estimate of drug-likeness (QED) is 0.609. The first-order chi connectivity index (χ1) is 9.95. The van der Waals surface area contributed by atoms with Crippen molar-refractivity contribution in [1.29, 1.82) is 0 Å². The van der Waals surface area contributed by atoms with Crippen molar-refractivity contribution in [3.63, 3.8) is 0 Å². The van der Waals surface area contributed by atoms with E-state index in [1.807, 2.05) is 0 Å². The van der Waals surface area contributed by atoms with Crippen LogP contribution >= 0.6 is 0 Å². The van der Waals surface area contributed by atoms with E-state index in [1.54, 1.807) is 0 Å². The highest BCUT2D eigenvalue weighted by Crippen LogP contribution is 2.29. The van der Waals surface area contributed by atoms with E-state index in [0.29, 0.717) is 5.91 Å². The molecule has 0 spiro atoms. The van der Waals surface area contributed by atoms with Gasteiger partial charge in [0.1, 0.15) is 0 Å². The third kappa shape index (κ3) is 5.61. The van der Waals surface area contributed by atoms with Gasteiger partial charge in [0.2, 0.25) is 5.91 Å². The van der Waals surface area contributed by atoms with Gasteiger partial charge in [0.15, 0.2) is 0 Å². The first-order valence-corrected chi connectivity index (χ1v) is 9.01. The molecule has 2 atom stereocenters. The Bertz CT molecular complexity index is 314. The summed E-state index contributed by atoms with van der Waals surface area (Å²) < 4.78 is 0. The molecule has 1 saturated heterocycles. The molecule has 0 radical (unpaired) electrons. The molecule has 1 fully saturated rings. The van der Waals surface area contributed by atoms with Gasteiger partial charge < -0.3 is 4.90 Å². The fraction of sp³-hybridized carbons (Fsp3) is 0.944. The van der Waals surface area contributed by atoms with Gasteiger partial charge in [0.05, 0.1) is 12.2 Å². The van der Waals surface area contributed by atoms with Crippen LogP contribution in [0.1, 0.15) is 86.0 Å². The van der Waals surface area contributed by atoms with E-state index in [0.717, 1.165) is 32.2 Å². The summed E-state index contributed by atoms with van der Waals surface area (Å²) in [6, 6.07) is 0.0537. The molecular formula is C18H36N2O. The normalized spacial score (nSPS) is 23.1. The molecule has 0 saturated carbocycles. The topological polar surface area (TPSA) is 32.3 Å². The summed E-state index contributed by atoms with van der Waals surface area (Å²) in [5, 5.41) is 3.56. The Morgan fingerprint density at radius 1 is 1.05 bits per heavy atom. The van der Waals surface area contributed by atoms with Gasteiger partial charge in [-0.15, -0.1) is 0 Å². The van der Waals surface area contributed by atoms with Gasteiger partial charge in [-0.25, -0.2) is 0 Å². The second kappa shape index (κ2) is 8.77. The molecule has 0 bridgehead atoms. The summed E-state index contributed by atoms with van der Waals surface area (Å²) in [5.74, 6) is 0.332. The third-order valence-corrected chi connectivity index (χ3v) is 4.55. The number of carbonyl (C=O) groups is 1. The summed E-state index contributed by atoms with van der Waals surface area (Å²) in [6.45, 7) is 12.1. The van der Waals surface area contributed by atoms with Crippen LogP contribution in [0.25, 0.3) is 0 Å². The standard InChI is InChI=1S/C18H36N2O/c1-6-9-10-13-18(4,5)14-20-16(12-8-3)19-15(11-7-2)17(20)21/h15-16,19H,6-14H2,1-5H3. The summed E-state index contributed by atoms with van der Waals surface area (Å²) >= 11 is 0. The number of carbonyl (C=O) groups excluding carboxylic acids is 1. The van der Waals surface area contributed by atoms with Crippen LogP contribution in [0, 0.1) is 5.41 Å². The van der Waals surface area contributed by atoms with Crippen molar-refractivity contribution in [2.45, 2.75) is 98.2 Å². The average molecular weight is 296 g/mol. The summed E-state index contributed by atoms with van der Waals surface area (Å²) in [7, 11) is 0. The highest BCUT2D eigenvalue weighted by molar-refractivity contribution is 5.84. The Morgan fingerprint density at radius 3 is 2.29 bits per heavy atom. The summed E-state index contributed by atoms with van der Waals surface area (Å²) in [6.07, 6.45) is 9.51. The maximum atomic E-state index is 12.7. The van der Waals surface area contributed by atoms with Crippen molar-refractivity contribution in [3.05, 3.63) is 0 Å². The molecule has 1 heterocycles. The lowest BCUT2D eigenvalue weighted by Gasteiger charge is -2.33. The van der Waals surface area contributed by atoms with Crippen molar-refractivity contribution < 1.29 is 4.79 Å². The van der Waals surface area contributed by atoms with Crippen LogP contribution < -0.4 is 5.32 Å². The molecular weight excluding hydrogens is 260 g/mol. The van der Waals surface area contributed by atoms with E-state index in [9.17, 15) is 4.79 Å². The zero-order valence-corrected chi connectivity index (χ0v) is 14.9. The first-order valence-electron chi connectivity index (χ1n) is 9.01. The lowest BCUT2D eigenvalue weighted by Crippen LogP contribution is -2.43. The molecule has 0 aromatic carbocycles. The largest absolute Gasteiger partial charge is 0.325 e. The van der Waals surface area contributed by atoms with Crippen LogP contribution in [0.5, 0.6) is 0 Å². The third-order valence-electron chi connectivity index (χ3n) is 4.55. The van der Waals surface area contributed by atoms with Crippen molar-refractivity contribution >= 4 is 5.91 Å². The Labute approximate surface area is 131 Å². The molecule has 1 amide bonds. The second-order valence-corrected chi connectivity index (χ2v) is 7.40. The minimum absolute atomic E-state index is 0.0537. The Kier molecular flexibility index (Phi) is 7.72. The first kappa shape index (κ1) is 18.5. The number of nitrogens with zero attached hydrogens (tertiary/aromatic N) is 1. The predicted molar refractivity (Wildman–Crippen MR) is 90.2 cm³/mol. The van der Waals surface area contributed by atoms with Crippen molar-refractivity contribution in [2.24, 2.45) is 5.41 Å². The maximum Gasteiger partial charge on any atom is 0.241 e. The zero-order valence-electron chi connectivity index (χ0n) is 14.9. The van der Waals surface area contributed by atoms with Crippen molar-refractivity contribution in [2.75, 3.05) is 6.54 Å². The Balaban J connectivity index is 2.65. The van der Waals surface area contributed by atoms with Crippen LogP contribution in [0.3, 0.4) is 0 Å². The number of nitrogens with one attached hydrogen (secondary N) is 1. The van der Waals surface area contributed by atoms with Gasteiger partial charge in [-0.1, -0.05) is 66.7 Å². The Hall–Kier alpha value is -0.570. The Morgan fingerprint density at radius 2 is 1.71 bits per heavy atom. The minimum Gasteiger partial charge on any atom is -0.325 e. The van der Waals surface area contributed by atoms with Gasteiger partial charge in [-0.2, -0.15) is 0 Å². The monoisotopic (exact) mass is 296 g/mol. The van der Waals surface area contributed by atoms with Gasteiger partial charge in [0, 0.05) is 6.54 Å². The summed E-state index contributed by atoms with van der Waals surface area (Å²) in [4.78, 5) is 14.8. The molecule has 0 aromatic rings. The number of amides is 1. The van der Waals surface area contributed by atoms with Gasteiger partial charge in [-0.05, 0) is 24.7 Å². The molecule has 1 aliphatic rings. The lowest BCUT2D eigenvalue weighted by molar-refractivity contribution is -0.131. The fourth-order valence-corrected chi connectivity index (χ4v) is 3.34. The smallest absolute Gasteiger partial charge is 0.241 e. The second-order valence-electron chi connectivity index (χ2n) is 7.40. The van der Waals surface area contributed by atoms with E-state index in [1.165, 1.54) is 25.7 Å². The predicted octanol–water partition coefficient (Wildman–Crippen LogP) is 4.32.